The minimum absolute atomic E-state index is 0.136. The summed E-state index contributed by atoms with van der Waals surface area (Å²) in [6.07, 6.45) is 0.210. The van der Waals surface area contributed by atoms with Crippen LogP contribution in [0.15, 0.2) is 30.3 Å². The van der Waals surface area contributed by atoms with E-state index < -0.39 is 17.9 Å². The van der Waals surface area contributed by atoms with Gasteiger partial charge >= 0.3 is 5.97 Å². The van der Waals surface area contributed by atoms with E-state index in [4.69, 9.17) is 0 Å². The first-order valence-corrected chi connectivity index (χ1v) is 6.43. The lowest BCUT2D eigenvalue weighted by Crippen LogP contribution is -2.42. The van der Waals surface area contributed by atoms with E-state index in [1.165, 1.54) is 4.68 Å². The Bertz CT molecular complexity index is 651. The fourth-order valence-electron chi connectivity index (χ4n) is 1.89. The molecule has 1 aromatic heterocycles. The van der Waals surface area contributed by atoms with Gasteiger partial charge in [-0.2, -0.15) is 0 Å². The summed E-state index contributed by atoms with van der Waals surface area (Å²) in [5.74, 6) is -1.63. The number of nitrogens with one attached hydrogen (secondary N) is 1. The summed E-state index contributed by atoms with van der Waals surface area (Å²) in [5.41, 5.74) is 1.55. The third-order valence-corrected chi connectivity index (χ3v) is 3.21. The van der Waals surface area contributed by atoms with Crippen LogP contribution < -0.4 is 5.32 Å². The zero-order valence-electron chi connectivity index (χ0n) is 11.8. The highest BCUT2D eigenvalue weighted by atomic mass is 16.4. The van der Waals surface area contributed by atoms with Gasteiger partial charge in [0.25, 0.3) is 5.91 Å². The Labute approximate surface area is 121 Å². The van der Waals surface area contributed by atoms with Crippen LogP contribution in [-0.2, 0) is 18.3 Å². The van der Waals surface area contributed by atoms with Crippen LogP contribution in [0.5, 0.6) is 0 Å². The molecule has 21 heavy (non-hydrogen) atoms. The summed E-state index contributed by atoms with van der Waals surface area (Å²) in [7, 11) is 1.66. The molecule has 110 valence electrons. The van der Waals surface area contributed by atoms with Gasteiger partial charge < -0.3 is 10.4 Å². The topological polar surface area (TPSA) is 97.1 Å². The molecule has 0 unspecified atom stereocenters. The molecule has 1 aromatic carbocycles. The highest BCUT2D eigenvalue weighted by Crippen LogP contribution is 2.06. The number of hydrogen-bond donors (Lipinski definition) is 2. The van der Waals surface area contributed by atoms with Crippen molar-refractivity contribution >= 4 is 11.9 Å². The van der Waals surface area contributed by atoms with Gasteiger partial charge in [-0.05, 0) is 12.5 Å². The minimum atomic E-state index is -1.09. The molecule has 0 aliphatic carbocycles. The number of aromatic nitrogens is 3. The number of carbonyl (C=O) groups is 2. The number of aryl methyl sites for hydroxylation is 1. The van der Waals surface area contributed by atoms with Crippen molar-refractivity contribution in [1.29, 1.82) is 0 Å². The number of carboxylic acid groups (broad SMARTS) is 1. The van der Waals surface area contributed by atoms with Crippen molar-refractivity contribution in [2.45, 2.75) is 19.4 Å². The summed E-state index contributed by atoms with van der Waals surface area (Å²) < 4.78 is 1.46. The number of rotatable bonds is 5. The van der Waals surface area contributed by atoms with Crippen LogP contribution in [0.4, 0.5) is 0 Å². The lowest BCUT2D eigenvalue weighted by molar-refractivity contribution is -0.139. The molecule has 0 saturated carbocycles. The molecule has 1 heterocycles. The number of benzene rings is 1. The molecule has 0 fully saturated rings. The SMILES string of the molecule is Cc1c(C(=O)N[C@@H](Cc2ccccc2)C(=O)O)nnn1C. The fraction of sp³-hybridized carbons (Fsp3) is 0.286. The van der Waals surface area contributed by atoms with Crippen LogP contribution in [0.1, 0.15) is 21.7 Å². The minimum Gasteiger partial charge on any atom is -0.480 e. The maximum atomic E-state index is 12.1. The van der Waals surface area contributed by atoms with E-state index in [9.17, 15) is 14.7 Å². The van der Waals surface area contributed by atoms with E-state index in [0.29, 0.717) is 5.69 Å². The lowest BCUT2D eigenvalue weighted by atomic mass is 10.1. The molecule has 2 N–H and O–H groups in total. The van der Waals surface area contributed by atoms with Crippen molar-refractivity contribution in [2.75, 3.05) is 0 Å². The van der Waals surface area contributed by atoms with E-state index in [0.717, 1.165) is 5.56 Å². The first-order valence-electron chi connectivity index (χ1n) is 6.43. The first kappa shape index (κ1) is 14.7. The van der Waals surface area contributed by atoms with Crippen LogP contribution in [-0.4, -0.2) is 38.0 Å². The summed E-state index contributed by atoms with van der Waals surface area (Å²) in [6.45, 7) is 1.70. The van der Waals surface area contributed by atoms with Crippen molar-refractivity contribution in [3.63, 3.8) is 0 Å². The van der Waals surface area contributed by atoms with Crippen LogP contribution in [0.2, 0.25) is 0 Å². The average Bonchev–Trinajstić information content (AvgIpc) is 2.79. The fourth-order valence-corrected chi connectivity index (χ4v) is 1.89. The standard InChI is InChI=1S/C14H16N4O3/c1-9-12(16-17-18(9)2)13(19)15-11(14(20)21)8-10-6-4-3-5-7-10/h3-7,11H,8H2,1-2H3,(H,15,19)(H,20,21)/t11-/m0/s1. The van der Waals surface area contributed by atoms with Crippen LogP contribution in [0.3, 0.4) is 0 Å². The Morgan fingerprint density at radius 2 is 2.00 bits per heavy atom. The van der Waals surface area contributed by atoms with Gasteiger partial charge in [0.1, 0.15) is 6.04 Å². The van der Waals surface area contributed by atoms with Gasteiger partial charge in [-0.1, -0.05) is 35.5 Å². The van der Waals surface area contributed by atoms with E-state index in [1.54, 1.807) is 14.0 Å². The number of nitrogens with zero attached hydrogens (tertiary/aromatic N) is 3. The maximum absolute atomic E-state index is 12.1. The zero-order chi connectivity index (χ0) is 15.4. The van der Waals surface area contributed by atoms with E-state index in [1.807, 2.05) is 30.3 Å². The monoisotopic (exact) mass is 288 g/mol. The summed E-state index contributed by atoms with van der Waals surface area (Å²) in [4.78, 5) is 23.4. The van der Waals surface area contributed by atoms with E-state index >= 15 is 0 Å². The van der Waals surface area contributed by atoms with Gasteiger partial charge in [0.15, 0.2) is 5.69 Å². The predicted octanol–water partition coefficient (Wildman–Crippen LogP) is 0.549. The van der Waals surface area contributed by atoms with Gasteiger partial charge in [-0.25, -0.2) is 4.79 Å². The molecule has 2 rings (SSSR count). The molecule has 0 aliphatic rings. The number of carbonyl (C=O) groups excluding carboxylic acids is 1. The Morgan fingerprint density at radius 1 is 1.33 bits per heavy atom. The number of aliphatic carboxylic acids is 1. The molecule has 0 radical (unpaired) electrons. The summed E-state index contributed by atoms with van der Waals surface area (Å²) in [6, 6.07) is 8.11. The molecule has 1 amide bonds. The highest BCUT2D eigenvalue weighted by molar-refractivity contribution is 5.95. The van der Waals surface area contributed by atoms with E-state index in [2.05, 4.69) is 15.6 Å². The van der Waals surface area contributed by atoms with Gasteiger partial charge in [0, 0.05) is 13.5 Å². The largest absolute Gasteiger partial charge is 0.480 e. The molecule has 0 saturated heterocycles. The van der Waals surface area contributed by atoms with Crippen molar-refractivity contribution in [1.82, 2.24) is 20.3 Å². The second-order valence-electron chi connectivity index (χ2n) is 4.70. The Hall–Kier alpha value is -2.70. The van der Waals surface area contributed by atoms with Gasteiger partial charge in [-0.3, -0.25) is 9.48 Å². The number of amides is 1. The third-order valence-electron chi connectivity index (χ3n) is 3.21. The maximum Gasteiger partial charge on any atom is 0.326 e. The molecule has 7 heteroatoms. The molecular weight excluding hydrogens is 272 g/mol. The Kier molecular flexibility index (Phi) is 4.32. The molecule has 0 bridgehead atoms. The molecule has 2 aromatic rings. The van der Waals surface area contributed by atoms with Gasteiger partial charge in [-0.15, -0.1) is 5.10 Å². The summed E-state index contributed by atoms with van der Waals surface area (Å²) in [5, 5.41) is 19.2. The predicted molar refractivity (Wildman–Crippen MR) is 74.8 cm³/mol. The Balaban J connectivity index is 2.11. The Morgan fingerprint density at radius 3 is 2.52 bits per heavy atom. The van der Waals surface area contributed by atoms with Gasteiger partial charge in [0.2, 0.25) is 0 Å². The van der Waals surface area contributed by atoms with Crippen LogP contribution in [0.25, 0.3) is 0 Å². The quantitative estimate of drug-likeness (QED) is 0.837. The van der Waals surface area contributed by atoms with Crippen molar-refractivity contribution in [3.05, 3.63) is 47.3 Å². The molecule has 0 aliphatic heterocycles. The number of hydrogen-bond acceptors (Lipinski definition) is 4. The molecule has 0 spiro atoms. The molecule has 7 nitrogen and oxygen atoms in total. The molecule has 1 atom stereocenters. The highest BCUT2D eigenvalue weighted by Gasteiger charge is 2.23. The smallest absolute Gasteiger partial charge is 0.326 e. The first-order chi connectivity index (χ1) is 9.99. The third kappa shape index (κ3) is 3.44. The second-order valence-corrected chi connectivity index (χ2v) is 4.70. The van der Waals surface area contributed by atoms with Crippen molar-refractivity contribution < 1.29 is 14.7 Å². The number of carboxylic acids is 1. The molecular formula is C14H16N4O3. The van der Waals surface area contributed by atoms with Crippen LogP contribution >= 0.6 is 0 Å². The van der Waals surface area contributed by atoms with Crippen LogP contribution in [0, 0.1) is 6.92 Å². The zero-order valence-corrected chi connectivity index (χ0v) is 11.8. The normalized spacial score (nSPS) is 11.9. The van der Waals surface area contributed by atoms with E-state index in [-0.39, 0.29) is 12.1 Å². The average molecular weight is 288 g/mol. The van der Waals surface area contributed by atoms with Gasteiger partial charge in [0.05, 0.1) is 5.69 Å². The lowest BCUT2D eigenvalue weighted by Gasteiger charge is -2.14. The summed E-state index contributed by atoms with van der Waals surface area (Å²) >= 11 is 0. The second kappa shape index (κ2) is 6.17. The van der Waals surface area contributed by atoms with Crippen molar-refractivity contribution in [2.24, 2.45) is 7.05 Å². The van der Waals surface area contributed by atoms with Crippen molar-refractivity contribution in [3.8, 4) is 0 Å².